The standard InChI is InChI=1S/C19H23F2N3O/c1-4-24(12-14-8-10-15(11-9-14)23(2)3)13-18(25)22-19-16(20)6-5-7-17(19)21/h5-11H,4,12-13H2,1-3H3,(H,22,25). The molecule has 0 saturated heterocycles. The molecule has 0 aromatic heterocycles. The van der Waals surface area contributed by atoms with Crippen molar-refractivity contribution >= 4 is 17.3 Å². The Morgan fingerprint density at radius 2 is 1.64 bits per heavy atom. The van der Waals surface area contributed by atoms with Crippen LogP contribution in [0.1, 0.15) is 12.5 Å². The van der Waals surface area contributed by atoms with Crippen LogP contribution in [-0.4, -0.2) is 38.0 Å². The third-order valence-corrected chi connectivity index (χ3v) is 3.90. The largest absolute Gasteiger partial charge is 0.378 e. The van der Waals surface area contributed by atoms with Crippen LogP contribution in [0.2, 0.25) is 0 Å². The van der Waals surface area contributed by atoms with Crippen LogP contribution in [0.3, 0.4) is 0 Å². The molecule has 0 spiro atoms. The Morgan fingerprint density at radius 1 is 1.04 bits per heavy atom. The topological polar surface area (TPSA) is 35.6 Å². The first-order chi connectivity index (χ1) is 11.9. The Morgan fingerprint density at radius 3 is 2.16 bits per heavy atom. The Bertz CT molecular complexity index is 697. The third-order valence-electron chi connectivity index (χ3n) is 3.90. The first-order valence-corrected chi connectivity index (χ1v) is 8.13. The van der Waals surface area contributed by atoms with E-state index >= 15 is 0 Å². The Balaban J connectivity index is 1.98. The van der Waals surface area contributed by atoms with Crippen molar-refractivity contribution < 1.29 is 13.6 Å². The smallest absolute Gasteiger partial charge is 0.238 e. The summed E-state index contributed by atoms with van der Waals surface area (Å²) in [4.78, 5) is 16.0. The van der Waals surface area contributed by atoms with Crippen LogP contribution >= 0.6 is 0 Å². The number of nitrogens with one attached hydrogen (secondary N) is 1. The highest BCUT2D eigenvalue weighted by atomic mass is 19.1. The lowest BCUT2D eigenvalue weighted by Crippen LogP contribution is -2.33. The zero-order valence-electron chi connectivity index (χ0n) is 14.7. The summed E-state index contributed by atoms with van der Waals surface area (Å²) in [5.41, 5.74) is 1.76. The summed E-state index contributed by atoms with van der Waals surface area (Å²) in [5.74, 6) is -2.01. The van der Waals surface area contributed by atoms with Crippen molar-refractivity contribution in [3.8, 4) is 0 Å². The maximum absolute atomic E-state index is 13.6. The molecule has 6 heteroatoms. The fourth-order valence-corrected chi connectivity index (χ4v) is 2.44. The average Bonchev–Trinajstić information content (AvgIpc) is 2.58. The average molecular weight is 347 g/mol. The molecule has 2 rings (SSSR count). The van der Waals surface area contributed by atoms with E-state index < -0.39 is 23.2 Å². The van der Waals surface area contributed by atoms with Crippen LogP contribution in [0.4, 0.5) is 20.2 Å². The van der Waals surface area contributed by atoms with Crippen molar-refractivity contribution in [3.63, 3.8) is 0 Å². The molecule has 0 atom stereocenters. The molecule has 0 unspecified atom stereocenters. The van der Waals surface area contributed by atoms with Crippen LogP contribution in [0.5, 0.6) is 0 Å². The first kappa shape index (κ1) is 18.9. The second-order valence-corrected chi connectivity index (χ2v) is 6.01. The lowest BCUT2D eigenvalue weighted by atomic mass is 10.2. The second-order valence-electron chi connectivity index (χ2n) is 6.01. The first-order valence-electron chi connectivity index (χ1n) is 8.13. The maximum atomic E-state index is 13.6. The fraction of sp³-hybridized carbons (Fsp3) is 0.316. The van der Waals surface area contributed by atoms with Crippen molar-refractivity contribution in [1.29, 1.82) is 0 Å². The number of likely N-dealkylation sites (N-methyl/N-ethyl adjacent to an activating group) is 1. The van der Waals surface area contributed by atoms with E-state index in [1.165, 1.54) is 6.07 Å². The number of rotatable bonds is 7. The highest BCUT2D eigenvalue weighted by Crippen LogP contribution is 2.18. The minimum Gasteiger partial charge on any atom is -0.378 e. The SMILES string of the molecule is CCN(CC(=O)Nc1c(F)cccc1F)Cc1ccc(N(C)C)cc1. The van der Waals surface area contributed by atoms with E-state index in [4.69, 9.17) is 0 Å². The summed E-state index contributed by atoms with van der Waals surface area (Å²) in [6.07, 6.45) is 0. The molecular weight excluding hydrogens is 324 g/mol. The number of benzene rings is 2. The third kappa shape index (κ3) is 5.26. The molecule has 25 heavy (non-hydrogen) atoms. The summed E-state index contributed by atoms with van der Waals surface area (Å²) in [6, 6.07) is 11.5. The van der Waals surface area contributed by atoms with Crippen molar-refractivity contribution in [2.24, 2.45) is 0 Å². The van der Waals surface area contributed by atoms with Gasteiger partial charge in [0.05, 0.1) is 6.54 Å². The van der Waals surface area contributed by atoms with Crippen molar-refractivity contribution in [2.75, 3.05) is 37.4 Å². The number of anilines is 2. The molecule has 4 nitrogen and oxygen atoms in total. The number of halogens is 2. The molecule has 2 aromatic rings. The Kier molecular flexibility index (Phi) is 6.47. The monoisotopic (exact) mass is 347 g/mol. The summed E-state index contributed by atoms with van der Waals surface area (Å²) in [7, 11) is 3.94. The van der Waals surface area contributed by atoms with Crippen LogP contribution < -0.4 is 10.2 Å². The fourth-order valence-electron chi connectivity index (χ4n) is 2.44. The van der Waals surface area contributed by atoms with Gasteiger partial charge in [0.1, 0.15) is 17.3 Å². The lowest BCUT2D eigenvalue weighted by molar-refractivity contribution is -0.117. The number of carbonyl (C=O) groups excluding carboxylic acids is 1. The molecule has 134 valence electrons. The van der Waals surface area contributed by atoms with E-state index in [2.05, 4.69) is 5.32 Å². The normalized spacial score (nSPS) is 10.8. The molecule has 0 radical (unpaired) electrons. The van der Waals surface area contributed by atoms with E-state index in [0.717, 1.165) is 23.4 Å². The quantitative estimate of drug-likeness (QED) is 0.833. The minimum atomic E-state index is -0.782. The highest BCUT2D eigenvalue weighted by molar-refractivity contribution is 5.92. The van der Waals surface area contributed by atoms with Gasteiger partial charge in [-0.15, -0.1) is 0 Å². The van der Waals surface area contributed by atoms with Crippen molar-refractivity contribution in [3.05, 3.63) is 59.7 Å². The lowest BCUT2D eigenvalue weighted by Gasteiger charge is -2.21. The predicted octanol–water partition coefficient (Wildman–Crippen LogP) is 3.49. The molecule has 0 heterocycles. The molecule has 2 aromatic carbocycles. The molecule has 1 amide bonds. The molecule has 0 saturated carbocycles. The van der Waals surface area contributed by atoms with E-state index in [0.29, 0.717) is 13.1 Å². The summed E-state index contributed by atoms with van der Waals surface area (Å²) < 4.78 is 27.2. The highest BCUT2D eigenvalue weighted by Gasteiger charge is 2.14. The van der Waals surface area contributed by atoms with Gasteiger partial charge in [0.25, 0.3) is 0 Å². The molecular formula is C19H23F2N3O. The molecule has 0 aliphatic heterocycles. The van der Waals surface area contributed by atoms with Crippen LogP contribution in [0.25, 0.3) is 0 Å². The van der Waals surface area contributed by atoms with Gasteiger partial charge in [-0.25, -0.2) is 8.78 Å². The van der Waals surface area contributed by atoms with Gasteiger partial charge in [0, 0.05) is 26.3 Å². The zero-order chi connectivity index (χ0) is 18.4. The number of carbonyl (C=O) groups is 1. The summed E-state index contributed by atoms with van der Waals surface area (Å²) >= 11 is 0. The maximum Gasteiger partial charge on any atom is 0.238 e. The Hall–Kier alpha value is -2.47. The van der Waals surface area contributed by atoms with Crippen LogP contribution in [-0.2, 0) is 11.3 Å². The number of para-hydroxylation sites is 1. The minimum absolute atomic E-state index is 0.0553. The number of hydrogen-bond donors (Lipinski definition) is 1. The van der Waals surface area contributed by atoms with Gasteiger partial charge < -0.3 is 10.2 Å². The van der Waals surface area contributed by atoms with Gasteiger partial charge in [-0.3, -0.25) is 9.69 Å². The van der Waals surface area contributed by atoms with Crippen molar-refractivity contribution in [1.82, 2.24) is 4.90 Å². The van der Waals surface area contributed by atoms with Crippen molar-refractivity contribution in [2.45, 2.75) is 13.5 Å². The second kappa shape index (κ2) is 8.58. The molecule has 0 fully saturated rings. The number of amides is 1. The van der Waals surface area contributed by atoms with Crippen LogP contribution in [0.15, 0.2) is 42.5 Å². The zero-order valence-corrected chi connectivity index (χ0v) is 14.7. The van der Waals surface area contributed by atoms with E-state index in [1.807, 2.05) is 55.1 Å². The molecule has 0 aliphatic rings. The van der Waals surface area contributed by atoms with Gasteiger partial charge in [-0.2, -0.15) is 0 Å². The van der Waals surface area contributed by atoms with E-state index in [-0.39, 0.29) is 6.54 Å². The molecule has 0 aliphatic carbocycles. The number of nitrogens with zero attached hydrogens (tertiary/aromatic N) is 2. The van der Waals surface area contributed by atoms with E-state index in [1.54, 1.807) is 0 Å². The summed E-state index contributed by atoms with van der Waals surface area (Å²) in [6.45, 7) is 3.21. The van der Waals surface area contributed by atoms with Gasteiger partial charge in [0.15, 0.2) is 0 Å². The predicted molar refractivity (Wildman–Crippen MR) is 96.7 cm³/mol. The molecule has 1 N–H and O–H groups in total. The number of hydrogen-bond acceptors (Lipinski definition) is 3. The Labute approximate surface area is 147 Å². The van der Waals surface area contributed by atoms with Gasteiger partial charge >= 0.3 is 0 Å². The van der Waals surface area contributed by atoms with Gasteiger partial charge in [0.2, 0.25) is 5.91 Å². The van der Waals surface area contributed by atoms with Crippen LogP contribution in [0, 0.1) is 11.6 Å². The van der Waals surface area contributed by atoms with Gasteiger partial charge in [-0.1, -0.05) is 25.1 Å². The molecule has 0 bridgehead atoms. The van der Waals surface area contributed by atoms with E-state index in [9.17, 15) is 13.6 Å². The summed E-state index contributed by atoms with van der Waals surface area (Å²) in [5, 5.41) is 2.32. The van der Waals surface area contributed by atoms with Gasteiger partial charge in [-0.05, 0) is 36.4 Å².